The van der Waals surface area contributed by atoms with E-state index in [2.05, 4.69) is 13.8 Å². The van der Waals surface area contributed by atoms with Crippen molar-refractivity contribution in [2.24, 2.45) is 5.92 Å². The van der Waals surface area contributed by atoms with Crippen LogP contribution in [0, 0.1) is 5.92 Å². The maximum atomic E-state index is 12.5. The Kier molecular flexibility index (Phi) is 5.01. The molecular formula is C16H24N2O2. The van der Waals surface area contributed by atoms with Gasteiger partial charge in [-0.2, -0.15) is 0 Å². The highest BCUT2D eigenvalue weighted by Crippen LogP contribution is 2.17. The van der Waals surface area contributed by atoms with Gasteiger partial charge in [0.05, 0.1) is 25.7 Å². The van der Waals surface area contributed by atoms with Crippen LogP contribution in [-0.2, 0) is 16.0 Å². The molecular weight excluding hydrogens is 252 g/mol. The van der Waals surface area contributed by atoms with E-state index in [1.54, 1.807) is 0 Å². The molecule has 0 bridgehead atoms. The number of ether oxygens (including phenoxy) is 1. The van der Waals surface area contributed by atoms with E-state index in [9.17, 15) is 4.79 Å². The summed E-state index contributed by atoms with van der Waals surface area (Å²) in [6.07, 6.45) is 1.43. The fourth-order valence-corrected chi connectivity index (χ4v) is 2.63. The molecule has 1 aromatic rings. The number of amides is 1. The van der Waals surface area contributed by atoms with Crippen LogP contribution < -0.4 is 5.73 Å². The molecule has 0 radical (unpaired) electrons. The first-order valence-corrected chi connectivity index (χ1v) is 7.28. The van der Waals surface area contributed by atoms with Crippen molar-refractivity contribution in [1.29, 1.82) is 0 Å². The van der Waals surface area contributed by atoms with E-state index in [4.69, 9.17) is 10.5 Å². The predicted octanol–water partition coefficient (Wildman–Crippen LogP) is 2.08. The summed E-state index contributed by atoms with van der Waals surface area (Å²) in [6.45, 7) is 6.35. The monoisotopic (exact) mass is 276 g/mol. The summed E-state index contributed by atoms with van der Waals surface area (Å²) >= 11 is 0. The molecule has 1 aliphatic rings. The maximum absolute atomic E-state index is 12.5. The number of nitrogens with zero attached hydrogens (tertiary/aromatic N) is 1. The van der Waals surface area contributed by atoms with Crippen LogP contribution in [0.4, 0.5) is 5.69 Å². The van der Waals surface area contributed by atoms with E-state index >= 15 is 0 Å². The molecule has 1 heterocycles. The Balaban J connectivity index is 2.00. The predicted molar refractivity (Wildman–Crippen MR) is 80.3 cm³/mol. The van der Waals surface area contributed by atoms with E-state index in [0.29, 0.717) is 32.1 Å². The van der Waals surface area contributed by atoms with Crippen molar-refractivity contribution in [3.8, 4) is 0 Å². The van der Waals surface area contributed by atoms with Crippen LogP contribution in [-0.4, -0.2) is 36.6 Å². The number of rotatable bonds is 4. The van der Waals surface area contributed by atoms with Gasteiger partial charge < -0.3 is 15.4 Å². The largest absolute Gasteiger partial charge is 0.399 e. The van der Waals surface area contributed by atoms with Crippen LogP contribution >= 0.6 is 0 Å². The molecule has 1 atom stereocenters. The lowest BCUT2D eigenvalue weighted by Gasteiger charge is -2.36. The Hall–Kier alpha value is -1.55. The maximum Gasteiger partial charge on any atom is 0.227 e. The molecule has 1 saturated heterocycles. The molecule has 20 heavy (non-hydrogen) atoms. The van der Waals surface area contributed by atoms with Crippen molar-refractivity contribution in [1.82, 2.24) is 4.90 Å². The summed E-state index contributed by atoms with van der Waals surface area (Å²) in [5.74, 6) is 0.747. The van der Waals surface area contributed by atoms with Crippen molar-refractivity contribution in [2.45, 2.75) is 32.7 Å². The van der Waals surface area contributed by atoms with E-state index < -0.39 is 0 Å². The van der Waals surface area contributed by atoms with Crippen LogP contribution in [0.25, 0.3) is 0 Å². The van der Waals surface area contributed by atoms with Gasteiger partial charge in [-0.3, -0.25) is 4.79 Å². The second kappa shape index (κ2) is 6.75. The van der Waals surface area contributed by atoms with Crippen LogP contribution in [0.5, 0.6) is 0 Å². The van der Waals surface area contributed by atoms with Gasteiger partial charge in [0.15, 0.2) is 0 Å². The second-order valence-corrected chi connectivity index (χ2v) is 5.86. The number of anilines is 1. The fourth-order valence-electron chi connectivity index (χ4n) is 2.63. The summed E-state index contributed by atoms with van der Waals surface area (Å²) in [5.41, 5.74) is 7.41. The lowest BCUT2D eigenvalue weighted by atomic mass is 10.0. The molecule has 1 fully saturated rings. The minimum atomic E-state index is 0.184. The van der Waals surface area contributed by atoms with Gasteiger partial charge in [-0.1, -0.05) is 26.0 Å². The Morgan fingerprint density at radius 3 is 2.75 bits per heavy atom. The fraction of sp³-hybridized carbons (Fsp3) is 0.562. The Morgan fingerprint density at radius 1 is 1.40 bits per heavy atom. The van der Waals surface area contributed by atoms with Gasteiger partial charge in [-0.05, 0) is 30.0 Å². The summed E-state index contributed by atoms with van der Waals surface area (Å²) in [4.78, 5) is 14.5. The Morgan fingerprint density at radius 2 is 2.10 bits per heavy atom. The molecule has 0 spiro atoms. The molecule has 0 saturated carbocycles. The minimum absolute atomic E-state index is 0.184. The molecule has 4 heteroatoms. The highest BCUT2D eigenvalue weighted by molar-refractivity contribution is 5.79. The average molecular weight is 276 g/mol. The number of carbonyl (C=O) groups excluding carboxylic acids is 1. The number of carbonyl (C=O) groups is 1. The number of morpholine rings is 1. The van der Waals surface area contributed by atoms with Gasteiger partial charge in [0.1, 0.15) is 0 Å². The zero-order chi connectivity index (χ0) is 14.5. The Bertz CT molecular complexity index is 442. The third-order valence-electron chi connectivity index (χ3n) is 3.63. The normalized spacial score (nSPS) is 19.4. The van der Waals surface area contributed by atoms with Crippen LogP contribution in [0.3, 0.4) is 0 Å². The zero-order valence-corrected chi connectivity index (χ0v) is 12.3. The Labute approximate surface area is 120 Å². The summed E-state index contributed by atoms with van der Waals surface area (Å²) < 4.78 is 5.52. The van der Waals surface area contributed by atoms with Crippen molar-refractivity contribution in [3.05, 3.63) is 29.8 Å². The molecule has 2 rings (SSSR count). The van der Waals surface area contributed by atoms with Gasteiger partial charge in [0.2, 0.25) is 5.91 Å². The first-order valence-electron chi connectivity index (χ1n) is 7.28. The van der Waals surface area contributed by atoms with Gasteiger partial charge >= 0.3 is 0 Å². The topological polar surface area (TPSA) is 55.6 Å². The molecule has 1 amide bonds. The second-order valence-electron chi connectivity index (χ2n) is 5.86. The number of nitrogen functional groups attached to an aromatic ring is 1. The first kappa shape index (κ1) is 14.9. The molecule has 1 aromatic carbocycles. The number of nitrogens with two attached hydrogens (primary N) is 1. The molecule has 1 aliphatic heterocycles. The van der Waals surface area contributed by atoms with Crippen LogP contribution in [0.15, 0.2) is 24.3 Å². The lowest BCUT2D eigenvalue weighted by Crippen LogP contribution is -2.49. The quantitative estimate of drug-likeness (QED) is 0.857. The standard InChI is InChI=1S/C16H24N2O2/c1-12(2)9-15-11-20-8-7-18(15)16(19)10-13-3-5-14(17)6-4-13/h3-6,12,15H,7-11,17H2,1-2H3. The summed E-state index contributed by atoms with van der Waals surface area (Å²) in [5, 5.41) is 0. The smallest absolute Gasteiger partial charge is 0.227 e. The molecule has 0 aromatic heterocycles. The van der Waals surface area contributed by atoms with Crippen molar-refractivity contribution >= 4 is 11.6 Å². The van der Waals surface area contributed by atoms with Crippen molar-refractivity contribution in [2.75, 3.05) is 25.5 Å². The van der Waals surface area contributed by atoms with E-state index in [1.807, 2.05) is 29.2 Å². The van der Waals surface area contributed by atoms with E-state index in [1.165, 1.54) is 0 Å². The van der Waals surface area contributed by atoms with Crippen molar-refractivity contribution in [3.63, 3.8) is 0 Å². The third kappa shape index (κ3) is 3.97. The lowest BCUT2D eigenvalue weighted by molar-refractivity contribution is -0.139. The SMILES string of the molecule is CC(C)CC1COCCN1C(=O)Cc1ccc(N)cc1. The molecule has 110 valence electrons. The van der Waals surface area contributed by atoms with Gasteiger partial charge in [0.25, 0.3) is 0 Å². The van der Waals surface area contributed by atoms with Crippen molar-refractivity contribution < 1.29 is 9.53 Å². The van der Waals surface area contributed by atoms with Gasteiger partial charge in [-0.15, -0.1) is 0 Å². The molecule has 2 N–H and O–H groups in total. The molecule has 4 nitrogen and oxygen atoms in total. The average Bonchev–Trinajstić information content (AvgIpc) is 2.41. The molecule has 1 unspecified atom stereocenters. The first-order chi connectivity index (χ1) is 9.56. The molecule has 0 aliphatic carbocycles. The third-order valence-corrected chi connectivity index (χ3v) is 3.63. The van der Waals surface area contributed by atoms with E-state index in [0.717, 1.165) is 17.7 Å². The summed E-state index contributed by atoms with van der Waals surface area (Å²) in [7, 11) is 0. The highest BCUT2D eigenvalue weighted by Gasteiger charge is 2.27. The minimum Gasteiger partial charge on any atom is -0.399 e. The van der Waals surface area contributed by atoms with Gasteiger partial charge in [-0.25, -0.2) is 0 Å². The number of benzene rings is 1. The number of hydrogen-bond donors (Lipinski definition) is 1. The highest BCUT2D eigenvalue weighted by atomic mass is 16.5. The number of hydrogen-bond acceptors (Lipinski definition) is 3. The van der Waals surface area contributed by atoms with E-state index in [-0.39, 0.29) is 11.9 Å². The van der Waals surface area contributed by atoms with Gasteiger partial charge in [0, 0.05) is 12.2 Å². The van der Waals surface area contributed by atoms with Crippen LogP contribution in [0.1, 0.15) is 25.8 Å². The zero-order valence-electron chi connectivity index (χ0n) is 12.3. The summed E-state index contributed by atoms with van der Waals surface area (Å²) in [6, 6.07) is 7.74. The van der Waals surface area contributed by atoms with Crippen LogP contribution in [0.2, 0.25) is 0 Å².